The molecule has 9 heteroatoms. The third-order valence-electron chi connectivity index (χ3n) is 4.13. The van der Waals surface area contributed by atoms with Gasteiger partial charge in [0.15, 0.2) is 0 Å². The predicted octanol–water partition coefficient (Wildman–Crippen LogP) is 4.69. The van der Waals surface area contributed by atoms with E-state index in [4.69, 9.17) is 32.9 Å². The van der Waals surface area contributed by atoms with Gasteiger partial charge in [0, 0.05) is 44.0 Å². The minimum absolute atomic E-state index is 0.396. The number of amides is 1. The largest absolute Gasteiger partial charge is 0.444 e. The predicted molar refractivity (Wildman–Crippen MR) is 116 cm³/mol. The Morgan fingerprint density at radius 1 is 1.31 bits per heavy atom. The highest BCUT2D eigenvalue weighted by atomic mass is 35.5. The van der Waals surface area contributed by atoms with E-state index < -0.39 is 11.7 Å². The van der Waals surface area contributed by atoms with Gasteiger partial charge < -0.3 is 19.5 Å². The molecule has 0 aliphatic heterocycles. The standard InChI is InChI=1S/C20H23Cl2N5O2/c1-20(2,3)29-19(28)24-8-9-26(4)16-11-15(27-10-7-23-12-27)13-5-6-14(21)17(22)18(13)25-16/h5-7,10-12H,8-9H2,1-4H3,(H,24,28). The quantitative estimate of drug-likeness (QED) is 0.629. The first-order valence-corrected chi connectivity index (χ1v) is 9.86. The number of hydrogen-bond donors (Lipinski definition) is 1. The molecule has 0 unspecified atom stereocenters. The van der Waals surface area contributed by atoms with Gasteiger partial charge in [0.05, 0.1) is 27.6 Å². The lowest BCUT2D eigenvalue weighted by atomic mass is 10.1. The summed E-state index contributed by atoms with van der Waals surface area (Å²) in [5.74, 6) is 0.691. The summed E-state index contributed by atoms with van der Waals surface area (Å²) in [6.45, 7) is 6.40. The Labute approximate surface area is 179 Å². The van der Waals surface area contributed by atoms with Crippen molar-refractivity contribution in [2.45, 2.75) is 26.4 Å². The van der Waals surface area contributed by atoms with E-state index in [-0.39, 0.29) is 0 Å². The molecule has 0 aliphatic carbocycles. The van der Waals surface area contributed by atoms with Gasteiger partial charge in [-0.2, -0.15) is 0 Å². The van der Waals surface area contributed by atoms with E-state index >= 15 is 0 Å². The van der Waals surface area contributed by atoms with Crippen LogP contribution < -0.4 is 10.2 Å². The number of nitrogens with zero attached hydrogens (tertiary/aromatic N) is 4. The van der Waals surface area contributed by atoms with Crippen LogP contribution in [0.25, 0.3) is 16.6 Å². The minimum atomic E-state index is -0.536. The average Bonchev–Trinajstić information content (AvgIpc) is 3.17. The Balaban J connectivity index is 1.85. The summed E-state index contributed by atoms with van der Waals surface area (Å²) in [5, 5.41) is 4.44. The minimum Gasteiger partial charge on any atom is -0.444 e. The van der Waals surface area contributed by atoms with Crippen molar-refractivity contribution >= 4 is 46.0 Å². The zero-order valence-corrected chi connectivity index (χ0v) is 18.3. The maximum absolute atomic E-state index is 11.8. The number of imidazole rings is 1. The summed E-state index contributed by atoms with van der Waals surface area (Å²) >= 11 is 12.6. The van der Waals surface area contributed by atoms with E-state index in [0.29, 0.717) is 34.5 Å². The van der Waals surface area contributed by atoms with Gasteiger partial charge >= 0.3 is 6.09 Å². The van der Waals surface area contributed by atoms with Crippen LogP contribution in [0.15, 0.2) is 36.9 Å². The van der Waals surface area contributed by atoms with Crippen molar-refractivity contribution in [1.82, 2.24) is 19.9 Å². The monoisotopic (exact) mass is 435 g/mol. The number of anilines is 1. The maximum Gasteiger partial charge on any atom is 0.407 e. The highest BCUT2D eigenvalue weighted by Crippen LogP contribution is 2.34. The zero-order valence-electron chi connectivity index (χ0n) is 16.7. The van der Waals surface area contributed by atoms with Crippen LogP contribution in [0.5, 0.6) is 0 Å². The summed E-state index contributed by atoms with van der Waals surface area (Å²) in [4.78, 5) is 22.6. The number of rotatable bonds is 5. The van der Waals surface area contributed by atoms with Gasteiger partial charge in [0.25, 0.3) is 0 Å². The smallest absolute Gasteiger partial charge is 0.407 e. The summed E-state index contributed by atoms with van der Waals surface area (Å²) < 4.78 is 7.15. The van der Waals surface area contributed by atoms with Gasteiger partial charge in [-0.1, -0.05) is 23.2 Å². The molecule has 7 nitrogen and oxygen atoms in total. The molecule has 1 N–H and O–H groups in total. The lowest BCUT2D eigenvalue weighted by Crippen LogP contribution is -2.37. The van der Waals surface area contributed by atoms with Crippen LogP contribution in [-0.2, 0) is 4.74 Å². The molecule has 1 amide bonds. The van der Waals surface area contributed by atoms with E-state index in [2.05, 4.69) is 10.3 Å². The third kappa shape index (κ3) is 5.10. The molecule has 0 aliphatic rings. The van der Waals surface area contributed by atoms with Gasteiger partial charge in [-0.3, -0.25) is 0 Å². The fraction of sp³-hybridized carbons (Fsp3) is 0.350. The summed E-state index contributed by atoms with van der Waals surface area (Å²) in [5.41, 5.74) is 0.950. The number of ether oxygens (including phenoxy) is 1. The number of fused-ring (bicyclic) bond motifs is 1. The molecule has 0 saturated carbocycles. The van der Waals surface area contributed by atoms with E-state index in [9.17, 15) is 4.79 Å². The summed E-state index contributed by atoms with van der Waals surface area (Å²) in [7, 11) is 1.89. The van der Waals surface area contributed by atoms with Crippen molar-refractivity contribution in [1.29, 1.82) is 0 Å². The lowest BCUT2D eigenvalue weighted by Gasteiger charge is -2.22. The van der Waals surface area contributed by atoms with Crippen LogP contribution in [0.3, 0.4) is 0 Å². The van der Waals surface area contributed by atoms with Crippen molar-refractivity contribution in [2.24, 2.45) is 0 Å². The maximum atomic E-state index is 11.8. The van der Waals surface area contributed by atoms with E-state index in [1.165, 1.54) is 0 Å². The Morgan fingerprint density at radius 3 is 2.72 bits per heavy atom. The Hall–Kier alpha value is -2.51. The van der Waals surface area contributed by atoms with E-state index in [0.717, 1.165) is 11.1 Å². The molecule has 0 bridgehead atoms. The van der Waals surface area contributed by atoms with Crippen molar-refractivity contribution in [3.8, 4) is 5.69 Å². The Kier molecular flexibility index (Phi) is 6.19. The molecule has 0 atom stereocenters. The molecule has 0 radical (unpaired) electrons. The molecule has 154 valence electrons. The highest BCUT2D eigenvalue weighted by molar-refractivity contribution is 6.45. The fourth-order valence-electron chi connectivity index (χ4n) is 2.77. The molecule has 0 saturated heterocycles. The number of halogens is 2. The lowest BCUT2D eigenvalue weighted by molar-refractivity contribution is 0.0529. The van der Waals surface area contributed by atoms with Gasteiger partial charge in [-0.15, -0.1) is 0 Å². The number of carbonyl (C=O) groups is 1. The molecule has 3 rings (SSSR count). The molecule has 0 fully saturated rings. The van der Waals surface area contributed by atoms with Crippen LogP contribution >= 0.6 is 23.2 Å². The zero-order chi connectivity index (χ0) is 21.2. The summed E-state index contributed by atoms with van der Waals surface area (Å²) in [6, 6.07) is 5.59. The topological polar surface area (TPSA) is 72.3 Å². The van der Waals surface area contributed by atoms with E-state index in [1.807, 2.05) is 55.6 Å². The number of alkyl carbamates (subject to hydrolysis) is 1. The molecule has 3 aromatic rings. The van der Waals surface area contributed by atoms with Crippen molar-refractivity contribution in [3.05, 3.63) is 47.0 Å². The molecule has 0 spiro atoms. The number of pyridine rings is 1. The van der Waals surface area contributed by atoms with Crippen LogP contribution in [0, 0.1) is 0 Å². The van der Waals surface area contributed by atoms with Gasteiger partial charge in [-0.05, 0) is 32.9 Å². The Bertz CT molecular complexity index is 1020. The highest BCUT2D eigenvalue weighted by Gasteiger charge is 2.17. The first-order chi connectivity index (χ1) is 13.7. The second kappa shape index (κ2) is 8.47. The SMILES string of the molecule is CN(CCNC(=O)OC(C)(C)C)c1cc(-n2ccnc2)c2ccc(Cl)c(Cl)c2n1. The van der Waals surface area contributed by atoms with Crippen molar-refractivity contribution < 1.29 is 9.53 Å². The number of benzene rings is 1. The molecular formula is C20H23Cl2N5O2. The van der Waals surface area contributed by atoms with Crippen LogP contribution in [0.4, 0.5) is 10.6 Å². The van der Waals surface area contributed by atoms with E-state index in [1.54, 1.807) is 18.6 Å². The Morgan fingerprint density at radius 2 is 2.07 bits per heavy atom. The number of aromatic nitrogens is 3. The molecule has 2 heterocycles. The number of likely N-dealkylation sites (N-methyl/N-ethyl adjacent to an activating group) is 1. The first kappa shape index (κ1) is 21.2. The molecule has 2 aromatic heterocycles. The van der Waals surface area contributed by atoms with Gasteiger partial charge in [0.1, 0.15) is 11.4 Å². The van der Waals surface area contributed by atoms with Gasteiger partial charge in [-0.25, -0.2) is 14.8 Å². The van der Waals surface area contributed by atoms with Crippen LogP contribution in [-0.4, -0.2) is 46.4 Å². The third-order valence-corrected chi connectivity index (χ3v) is 4.92. The number of nitrogens with one attached hydrogen (secondary N) is 1. The second-order valence-electron chi connectivity index (χ2n) is 7.58. The van der Waals surface area contributed by atoms with Gasteiger partial charge in [0.2, 0.25) is 0 Å². The van der Waals surface area contributed by atoms with Crippen molar-refractivity contribution in [3.63, 3.8) is 0 Å². The van der Waals surface area contributed by atoms with Crippen molar-refractivity contribution in [2.75, 3.05) is 25.0 Å². The first-order valence-electron chi connectivity index (χ1n) is 9.11. The van der Waals surface area contributed by atoms with Crippen LogP contribution in [0.2, 0.25) is 10.0 Å². The summed E-state index contributed by atoms with van der Waals surface area (Å²) in [6.07, 6.45) is 4.82. The second-order valence-corrected chi connectivity index (χ2v) is 8.36. The fourth-order valence-corrected chi connectivity index (χ4v) is 3.13. The number of hydrogen-bond acceptors (Lipinski definition) is 5. The number of carbonyl (C=O) groups excluding carboxylic acids is 1. The molecule has 29 heavy (non-hydrogen) atoms. The molecule has 1 aromatic carbocycles. The normalized spacial score (nSPS) is 11.5. The average molecular weight is 436 g/mol. The molecular weight excluding hydrogens is 413 g/mol. The van der Waals surface area contributed by atoms with Crippen LogP contribution in [0.1, 0.15) is 20.8 Å².